The Morgan fingerprint density at radius 3 is 2.81 bits per heavy atom. The van der Waals surface area contributed by atoms with Crippen molar-refractivity contribution >= 4 is 11.4 Å². The van der Waals surface area contributed by atoms with Gasteiger partial charge in [0, 0.05) is 17.8 Å². The lowest BCUT2D eigenvalue weighted by Gasteiger charge is -2.27. The van der Waals surface area contributed by atoms with Crippen molar-refractivity contribution in [2.75, 3.05) is 5.32 Å². The Morgan fingerprint density at radius 2 is 2.05 bits per heavy atom. The van der Waals surface area contributed by atoms with Crippen molar-refractivity contribution in [1.82, 2.24) is 0 Å². The number of hydrogen-bond acceptors (Lipinski definition) is 3. The Bertz CT molecular complexity index is 688. The highest BCUT2D eigenvalue weighted by Gasteiger charge is 2.20. The summed E-state index contributed by atoms with van der Waals surface area (Å²) >= 11 is 0. The molecule has 0 aromatic heterocycles. The van der Waals surface area contributed by atoms with Gasteiger partial charge in [0.05, 0.1) is 11.0 Å². The summed E-state index contributed by atoms with van der Waals surface area (Å²) in [7, 11) is 0. The molecule has 0 fully saturated rings. The maximum absolute atomic E-state index is 13.7. The third-order valence-electron chi connectivity index (χ3n) is 3.85. The molecule has 3 rings (SSSR count). The summed E-state index contributed by atoms with van der Waals surface area (Å²) in [6, 6.07) is 12.3. The highest BCUT2D eigenvalue weighted by atomic mass is 19.1. The molecular weight excluding hydrogens is 271 g/mol. The number of nitro benzene ring substituents is 1. The van der Waals surface area contributed by atoms with Crippen LogP contribution < -0.4 is 5.32 Å². The van der Waals surface area contributed by atoms with Gasteiger partial charge in [0.15, 0.2) is 0 Å². The van der Waals surface area contributed by atoms with Crippen molar-refractivity contribution in [3.8, 4) is 0 Å². The van der Waals surface area contributed by atoms with Crippen LogP contribution in [-0.4, -0.2) is 4.92 Å². The molecule has 0 bridgehead atoms. The maximum Gasteiger partial charge on any atom is 0.304 e. The molecule has 1 N–H and O–H groups in total. The highest BCUT2D eigenvalue weighted by Crippen LogP contribution is 2.33. The first-order chi connectivity index (χ1) is 10.1. The minimum Gasteiger partial charge on any atom is -0.378 e. The number of nitrogens with zero attached hydrogens (tertiary/aromatic N) is 1. The molecule has 1 unspecified atom stereocenters. The molecule has 0 amide bonds. The van der Waals surface area contributed by atoms with Crippen molar-refractivity contribution in [3.05, 3.63) is 69.5 Å². The summed E-state index contributed by atoms with van der Waals surface area (Å²) in [4.78, 5) is 9.92. The molecule has 108 valence electrons. The first-order valence-electron chi connectivity index (χ1n) is 6.93. The van der Waals surface area contributed by atoms with E-state index in [1.807, 2.05) is 12.1 Å². The zero-order chi connectivity index (χ0) is 14.8. The fourth-order valence-corrected chi connectivity index (χ4v) is 2.85. The summed E-state index contributed by atoms with van der Waals surface area (Å²) < 4.78 is 13.7. The third-order valence-corrected chi connectivity index (χ3v) is 3.85. The molecular formula is C16H15FN2O2. The molecule has 0 saturated heterocycles. The van der Waals surface area contributed by atoms with Crippen LogP contribution in [-0.2, 0) is 6.42 Å². The van der Waals surface area contributed by atoms with Crippen LogP contribution in [0.2, 0.25) is 0 Å². The summed E-state index contributed by atoms with van der Waals surface area (Å²) in [5, 5.41) is 13.9. The maximum atomic E-state index is 13.7. The van der Waals surface area contributed by atoms with E-state index in [1.165, 1.54) is 23.3 Å². The standard InChI is InChI=1S/C16H15FN2O2/c17-14-10-12(8-9-16(14)19(20)21)18-15-7-3-5-11-4-1-2-6-13(11)15/h1-2,4,6,8-10,15,18H,3,5,7H2. The van der Waals surface area contributed by atoms with Crippen LogP contribution >= 0.6 is 0 Å². The zero-order valence-electron chi connectivity index (χ0n) is 11.4. The topological polar surface area (TPSA) is 55.2 Å². The van der Waals surface area contributed by atoms with E-state index >= 15 is 0 Å². The molecule has 0 radical (unpaired) electrons. The number of fused-ring (bicyclic) bond motifs is 1. The average molecular weight is 286 g/mol. The Balaban J connectivity index is 1.85. The van der Waals surface area contributed by atoms with Crippen LogP contribution in [0.5, 0.6) is 0 Å². The molecule has 21 heavy (non-hydrogen) atoms. The van der Waals surface area contributed by atoms with Gasteiger partial charge in [-0.05, 0) is 36.5 Å². The fraction of sp³-hybridized carbons (Fsp3) is 0.250. The third kappa shape index (κ3) is 2.72. The van der Waals surface area contributed by atoms with Crippen LogP contribution in [0, 0.1) is 15.9 Å². The van der Waals surface area contributed by atoms with E-state index in [2.05, 4.69) is 17.4 Å². The van der Waals surface area contributed by atoms with Crippen LogP contribution in [0.15, 0.2) is 42.5 Å². The van der Waals surface area contributed by atoms with Crippen molar-refractivity contribution in [2.45, 2.75) is 25.3 Å². The molecule has 4 nitrogen and oxygen atoms in total. The molecule has 0 saturated carbocycles. The van der Waals surface area contributed by atoms with E-state index in [0.717, 1.165) is 19.3 Å². The Hall–Kier alpha value is -2.43. The molecule has 0 heterocycles. The lowest BCUT2D eigenvalue weighted by Crippen LogP contribution is -2.17. The second-order valence-electron chi connectivity index (χ2n) is 5.21. The largest absolute Gasteiger partial charge is 0.378 e. The number of hydrogen-bond donors (Lipinski definition) is 1. The molecule has 5 heteroatoms. The van der Waals surface area contributed by atoms with Gasteiger partial charge in [0.25, 0.3) is 0 Å². The molecule has 2 aromatic carbocycles. The lowest BCUT2D eigenvalue weighted by molar-refractivity contribution is -0.387. The quantitative estimate of drug-likeness (QED) is 0.678. The molecule has 0 aliphatic heterocycles. The van der Waals surface area contributed by atoms with Gasteiger partial charge >= 0.3 is 5.69 Å². The van der Waals surface area contributed by atoms with E-state index < -0.39 is 16.4 Å². The molecule has 1 atom stereocenters. The molecule has 1 aliphatic carbocycles. The number of nitro groups is 1. The highest BCUT2D eigenvalue weighted by molar-refractivity contribution is 5.52. The summed E-state index contributed by atoms with van der Waals surface area (Å²) in [5.74, 6) is -0.811. The van der Waals surface area contributed by atoms with E-state index in [9.17, 15) is 14.5 Å². The van der Waals surface area contributed by atoms with Gasteiger partial charge in [-0.15, -0.1) is 0 Å². The van der Waals surface area contributed by atoms with Gasteiger partial charge in [-0.3, -0.25) is 10.1 Å². The van der Waals surface area contributed by atoms with Gasteiger partial charge in [-0.2, -0.15) is 4.39 Å². The number of aryl methyl sites for hydroxylation is 1. The zero-order valence-corrected chi connectivity index (χ0v) is 11.4. The summed E-state index contributed by atoms with van der Waals surface area (Å²) in [6.07, 6.45) is 3.10. The number of halogens is 1. The minimum absolute atomic E-state index is 0.121. The number of benzene rings is 2. The van der Waals surface area contributed by atoms with Gasteiger partial charge in [-0.1, -0.05) is 24.3 Å². The van der Waals surface area contributed by atoms with Gasteiger partial charge in [0.2, 0.25) is 5.82 Å². The van der Waals surface area contributed by atoms with Crippen LogP contribution in [0.1, 0.15) is 30.0 Å². The molecule has 1 aliphatic rings. The lowest BCUT2D eigenvalue weighted by atomic mass is 9.87. The van der Waals surface area contributed by atoms with E-state index in [-0.39, 0.29) is 6.04 Å². The first kappa shape index (κ1) is 13.5. The smallest absolute Gasteiger partial charge is 0.304 e. The summed E-state index contributed by atoms with van der Waals surface area (Å²) in [6.45, 7) is 0. The number of rotatable bonds is 3. The Kier molecular flexibility index (Phi) is 3.56. The predicted molar refractivity (Wildman–Crippen MR) is 78.8 cm³/mol. The van der Waals surface area contributed by atoms with Gasteiger partial charge in [0.1, 0.15) is 0 Å². The fourth-order valence-electron chi connectivity index (χ4n) is 2.85. The molecule has 2 aromatic rings. The summed E-state index contributed by atoms with van der Waals surface area (Å²) in [5.41, 5.74) is 2.61. The van der Waals surface area contributed by atoms with Gasteiger partial charge < -0.3 is 5.32 Å². The second kappa shape index (κ2) is 5.52. The molecule has 0 spiro atoms. The Labute approximate surface area is 121 Å². The number of anilines is 1. The monoisotopic (exact) mass is 286 g/mol. The van der Waals surface area contributed by atoms with Gasteiger partial charge in [-0.25, -0.2) is 0 Å². The minimum atomic E-state index is -0.811. The SMILES string of the molecule is O=[N+]([O-])c1ccc(NC2CCCc3ccccc32)cc1F. The van der Waals surface area contributed by atoms with Crippen molar-refractivity contribution in [1.29, 1.82) is 0 Å². The van der Waals surface area contributed by atoms with Crippen LogP contribution in [0.25, 0.3) is 0 Å². The van der Waals surface area contributed by atoms with E-state index in [1.54, 1.807) is 6.07 Å². The average Bonchev–Trinajstić information content (AvgIpc) is 2.47. The van der Waals surface area contributed by atoms with Crippen LogP contribution in [0.4, 0.5) is 15.8 Å². The van der Waals surface area contributed by atoms with E-state index in [0.29, 0.717) is 5.69 Å². The predicted octanol–water partition coefficient (Wildman–Crippen LogP) is 4.22. The van der Waals surface area contributed by atoms with E-state index in [4.69, 9.17) is 0 Å². The van der Waals surface area contributed by atoms with Crippen molar-refractivity contribution in [3.63, 3.8) is 0 Å². The second-order valence-corrected chi connectivity index (χ2v) is 5.21. The normalized spacial score (nSPS) is 17.1. The Morgan fingerprint density at radius 1 is 1.24 bits per heavy atom. The number of nitrogens with one attached hydrogen (secondary N) is 1. The van der Waals surface area contributed by atoms with Crippen LogP contribution in [0.3, 0.4) is 0 Å². The first-order valence-corrected chi connectivity index (χ1v) is 6.93. The van der Waals surface area contributed by atoms with Crippen molar-refractivity contribution < 1.29 is 9.31 Å². The van der Waals surface area contributed by atoms with Crippen molar-refractivity contribution in [2.24, 2.45) is 0 Å².